The summed E-state index contributed by atoms with van der Waals surface area (Å²) in [5, 5.41) is 12.4. The Morgan fingerprint density at radius 2 is 1.89 bits per heavy atom. The van der Waals surface area contributed by atoms with E-state index in [-0.39, 0.29) is 35.6 Å². The van der Waals surface area contributed by atoms with Gasteiger partial charge < -0.3 is 25.0 Å². The molecular formula is C26H27FN4O5. The number of aromatic amines is 1. The highest BCUT2D eigenvalue weighted by Gasteiger charge is 2.37. The lowest BCUT2D eigenvalue weighted by Gasteiger charge is -2.22. The molecular weight excluding hydrogens is 467 g/mol. The van der Waals surface area contributed by atoms with Crippen LogP contribution in [0.15, 0.2) is 59.4 Å². The van der Waals surface area contributed by atoms with Gasteiger partial charge in [-0.05, 0) is 23.3 Å². The van der Waals surface area contributed by atoms with Crippen molar-refractivity contribution in [3.8, 4) is 0 Å². The first-order valence-electron chi connectivity index (χ1n) is 11.5. The highest BCUT2D eigenvalue weighted by atomic mass is 19.1. The minimum absolute atomic E-state index is 0.0756. The molecule has 3 N–H and O–H groups in total. The fraction of sp³-hybridized carbons (Fsp3) is 0.308. The molecule has 2 atom stereocenters. The van der Waals surface area contributed by atoms with Crippen molar-refractivity contribution >= 4 is 11.8 Å². The number of aromatic nitrogens is 2. The number of aliphatic hydroxyl groups is 1. The van der Waals surface area contributed by atoms with Crippen LogP contribution in [-0.2, 0) is 29.3 Å². The molecule has 1 aliphatic heterocycles. The fourth-order valence-corrected chi connectivity index (χ4v) is 4.19. The third kappa shape index (κ3) is 5.84. The van der Waals surface area contributed by atoms with Gasteiger partial charge in [0, 0.05) is 26.4 Å². The standard InChI is InChI=1S/C26H27FN4O5/c1-16(33)31-13-20(36-15-18-5-3-2-4-6-18)11-22(31)24-29-23(21(14-32)25(34)30-24)26(35)28-12-17-7-9-19(27)10-8-17/h2-10,20,22,32H,11-15H2,1H3,(H,28,35)(H,29,30,34). The minimum atomic E-state index is -0.689. The second-order valence-electron chi connectivity index (χ2n) is 8.59. The summed E-state index contributed by atoms with van der Waals surface area (Å²) < 4.78 is 19.1. The molecule has 0 saturated carbocycles. The van der Waals surface area contributed by atoms with Gasteiger partial charge in [-0.1, -0.05) is 42.5 Å². The highest BCUT2D eigenvalue weighted by Crippen LogP contribution is 2.32. The van der Waals surface area contributed by atoms with Crippen LogP contribution >= 0.6 is 0 Å². The van der Waals surface area contributed by atoms with Crippen molar-refractivity contribution in [2.45, 2.75) is 45.2 Å². The quantitative estimate of drug-likeness (QED) is 0.441. The van der Waals surface area contributed by atoms with Gasteiger partial charge in [-0.3, -0.25) is 14.4 Å². The molecule has 2 amide bonds. The molecule has 0 bridgehead atoms. The molecule has 9 nitrogen and oxygen atoms in total. The second kappa shape index (κ2) is 11.2. The number of ether oxygens (including phenoxy) is 1. The molecule has 10 heteroatoms. The van der Waals surface area contributed by atoms with Gasteiger partial charge in [-0.15, -0.1) is 0 Å². The van der Waals surface area contributed by atoms with E-state index in [1.807, 2.05) is 30.3 Å². The summed E-state index contributed by atoms with van der Waals surface area (Å²) >= 11 is 0. The SMILES string of the molecule is CC(=O)N1CC(OCc2ccccc2)CC1c1nc(C(=O)NCc2ccc(F)cc2)c(CO)c(=O)[nH]1. The largest absolute Gasteiger partial charge is 0.391 e. The number of rotatable bonds is 8. The molecule has 4 rings (SSSR count). The molecule has 2 aromatic carbocycles. The lowest BCUT2D eigenvalue weighted by atomic mass is 10.1. The first-order chi connectivity index (χ1) is 17.4. The van der Waals surface area contributed by atoms with Crippen LogP contribution in [0.2, 0.25) is 0 Å². The zero-order valence-corrected chi connectivity index (χ0v) is 19.7. The molecule has 0 spiro atoms. The molecule has 2 unspecified atom stereocenters. The monoisotopic (exact) mass is 494 g/mol. The van der Waals surface area contributed by atoms with Crippen LogP contribution in [0.1, 0.15) is 52.4 Å². The summed E-state index contributed by atoms with van der Waals surface area (Å²) in [6.07, 6.45) is 0.0856. The van der Waals surface area contributed by atoms with Gasteiger partial charge in [0.2, 0.25) is 5.91 Å². The van der Waals surface area contributed by atoms with Crippen LogP contribution in [0.5, 0.6) is 0 Å². The van der Waals surface area contributed by atoms with Crippen LogP contribution in [0.4, 0.5) is 4.39 Å². The number of H-pyrrole nitrogens is 1. The number of amides is 2. The van der Waals surface area contributed by atoms with Gasteiger partial charge in [-0.25, -0.2) is 9.37 Å². The van der Waals surface area contributed by atoms with Crippen LogP contribution in [0.3, 0.4) is 0 Å². The molecule has 0 aliphatic carbocycles. The normalized spacial score (nSPS) is 17.2. The Labute approximate surface area is 206 Å². The van der Waals surface area contributed by atoms with Gasteiger partial charge in [-0.2, -0.15) is 0 Å². The molecule has 2 heterocycles. The number of aliphatic hydroxyl groups excluding tert-OH is 1. The third-order valence-corrected chi connectivity index (χ3v) is 6.08. The predicted octanol–water partition coefficient (Wildman–Crippen LogP) is 2.21. The molecule has 3 aromatic rings. The number of carbonyl (C=O) groups excluding carboxylic acids is 2. The zero-order valence-electron chi connectivity index (χ0n) is 19.7. The van der Waals surface area contributed by atoms with Crippen molar-refractivity contribution in [3.63, 3.8) is 0 Å². The van der Waals surface area contributed by atoms with Gasteiger partial charge in [0.25, 0.3) is 11.5 Å². The number of likely N-dealkylation sites (tertiary alicyclic amines) is 1. The maximum Gasteiger partial charge on any atom is 0.270 e. The first-order valence-corrected chi connectivity index (χ1v) is 11.5. The van der Waals surface area contributed by atoms with E-state index in [1.54, 1.807) is 4.90 Å². The van der Waals surface area contributed by atoms with E-state index < -0.39 is 29.9 Å². The summed E-state index contributed by atoms with van der Waals surface area (Å²) in [6.45, 7) is 1.49. The molecule has 1 saturated heterocycles. The van der Waals surface area contributed by atoms with Crippen molar-refractivity contribution in [1.82, 2.24) is 20.2 Å². The maximum absolute atomic E-state index is 13.1. The van der Waals surface area contributed by atoms with E-state index in [0.717, 1.165) is 5.56 Å². The maximum atomic E-state index is 13.1. The average molecular weight is 495 g/mol. The molecule has 188 valence electrons. The van der Waals surface area contributed by atoms with E-state index in [1.165, 1.54) is 31.2 Å². The van der Waals surface area contributed by atoms with E-state index in [2.05, 4.69) is 15.3 Å². The van der Waals surface area contributed by atoms with Crippen molar-refractivity contribution in [1.29, 1.82) is 0 Å². The smallest absolute Gasteiger partial charge is 0.270 e. The van der Waals surface area contributed by atoms with Gasteiger partial charge in [0.05, 0.1) is 30.9 Å². The number of nitrogens with one attached hydrogen (secondary N) is 2. The molecule has 36 heavy (non-hydrogen) atoms. The van der Waals surface area contributed by atoms with E-state index in [0.29, 0.717) is 25.1 Å². The second-order valence-corrected chi connectivity index (χ2v) is 8.59. The van der Waals surface area contributed by atoms with Crippen molar-refractivity contribution in [2.24, 2.45) is 0 Å². The Balaban J connectivity index is 1.54. The average Bonchev–Trinajstić information content (AvgIpc) is 3.32. The third-order valence-electron chi connectivity index (χ3n) is 6.08. The van der Waals surface area contributed by atoms with Crippen molar-refractivity contribution in [3.05, 3.63) is 99.0 Å². The van der Waals surface area contributed by atoms with E-state index in [9.17, 15) is 23.9 Å². The Morgan fingerprint density at radius 3 is 2.56 bits per heavy atom. The fourth-order valence-electron chi connectivity index (χ4n) is 4.19. The summed E-state index contributed by atoms with van der Waals surface area (Å²) in [4.78, 5) is 46.5. The van der Waals surface area contributed by atoms with Crippen LogP contribution in [0, 0.1) is 5.82 Å². The number of benzene rings is 2. The number of nitrogens with zero attached hydrogens (tertiary/aromatic N) is 2. The van der Waals surface area contributed by atoms with Crippen LogP contribution in [-0.4, -0.2) is 44.4 Å². The lowest BCUT2D eigenvalue weighted by molar-refractivity contribution is -0.130. The lowest BCUT2D eigenvalue weighted by Crippen LogP contribution is -2.34. The van der Waals surface area contributed by atoms with Gasteiger partial charge in [0.15, 0.2) is 0 Å². The Bertz CT molecular complexity index is 1280. The van der Waals surface area contributed by atoms with Gasteiger partial charge in [0.1, 0.15) is 17.3 Å². The predicted molar refractivity (Wildman–Crippen MR) is 128 cm³/mol. The number of halogens is 1. The summed E-state index contributed by atoms with van der Waals surface area (Å²) in [5.74, 6) is -1.14. The van der Waals surface area contributed by atoms with Crippen molar-refractivity contribution in [2.75, 3.05) is 6.54 Å². The first kappa shape index (κ1) is 25.2. The summed E-state index contributed by atoms with van der Waals surface area (Å²) in [6, 6.07) is 14.6. The number of hydrogen-bond donors (Lipinski definition) is 3. The number of hydrogen-bond acceptors (Lipinski definition) is 6. The summed E-state index contributed by atoms with van der Waals surface area (Å²) in [7, 11) is 0. The Kier molecular flexibility index (Phi) is 7.87. The molecule has 1 aromatic heterocycles. The van der Waals surface area contributed by atoms with Crippen LogP contribution < -0.4 is 10.9 Å². The van der Waals surface area contributed by atoms with E-state index >= 15 is 0 Å². The zero-order chi connectivity index (χ0) is 25.7. The molecule has 1 fully saturated rings. The molecule has 0 radical (unpaired) electrons. The number of carbonyl (C=O) groups is 2. The minimum Gasteiger partial charge on any atom is -0.391 e. The van der Waals surface area contributed by atoms with Crippen molar-refractivity contribution < 1.29 is 23.8 Å². The highest BCUT2D eigenvalue weighted by molar-refractivity contribution is 5.93. The van der Waals surface area contributed by atoms with E-state index in [4.69, 9.17) is 4.74 Å². The molecule has 1 aliphatic rings. The van der Waals surface area contributed by atoms with Crippen LogP contribution in [0.25, 0.3) is 0 Å². The Hall–Kier alpha value is -3.89. The topological polar surface area (TPSA) is 125 Å². The summed E-state index contributed by atoms with van der Waals surface area (Å²) in [5.41, 5.74) is 0.577. The van der Waals surface area contributed by atoms with Gasteiger partial charge >= 0.3 is 0 Å². The Morgan fingerprint density at radius 1 is 1.17 bits per heavy atom.